The van der Waals surface area contributed by atoms with Crippen molar-refractivity contribution in [2.45, 2.75) is 20.0 Å². The summed E-state index contributed by atoms with van der Waals surface area (Å²) in [4.78, 5) is 15.3. The molecule has 0 bridgehead atoms. The quantitative estimate of drug-likeness (QED) is 0.462. The number of ether oxygens (including phenoxy) is 1. The van der Waals surface area contributed by atoms with Crippen molar-refractivity contribution < 1.29 is 8.95 Å². The number of pyridine rings is 1. The fourth-order valence-corrected chi connectivity index (χ4v) is 5.16. The van der Waals surface area contributed by atoms with Crippen LogP contribution in [0.1, 0.15) is 24.5 Å². The van der Waals surface area contributed by atoms with Crippen LogP contribution in [0, 0.1) is 11.7 Å². The Hall–Kier alpha value is -3.53. The fourth-order valence-electron chi connectivity index (χ4n) is 3.92. The van der Waals surface area contributed by atoms with E-state index in [-0.39, 0.29) is 6.10 Å². The second-order valence-corrected chi connectivity index (χ2v) is 10.6. The maximum absolute atomic E-state index is 11.9. The number of aromatic nitrogens is 5. The van der Waals surface area contributed by atoms with E-state index in [1.54, 1.807) is 12.4 Å². The Morgan fingerprint density at radius 1 is 1.15 bits per heavy atom. The molecule has 1 aromatic carbocycles. The number of H-pyrrole nitrogens is 1. The van der Waals surface area contributed by atoms with Gasteiger partial charge in [0.15, 0.2) is 0 Å². The van der Waals surface area contributed by atoms with Gasteiger partial charge in [-0.05, 0) is 50.2 Å². The van der Waals surface area contributed by atoms with E-state index in [0.717, 1.165) is 39.4 Å². The van der Waals surface area contributed by atoms with Crippen molar-refractivity contribution in [3.63, 3.8) is 0 Å². The van der Waals surface area contributed by atoms with E-state index in [2.05, 4.69) is 30.0 Å². The molecule has 4 aromatic rings. The third kappa shape index (κ3) is 4.51. The van der Waals surface area contributed by atoms with Gasteiger partial charge < -0.3 is 9.64 Å². The van der Waals surface area contributed by atoms with E-state index < -0.39 is 9.73 Å². The number of aromatic amines is 1. The first-order valence-electron chi connectivity index (χ1n) is 10.8. The van der Waals surface area contributed by atoms with Crippen LogP contribution < -0.4 is 9.64 Å². The lowest BCUT2D eigenvalue weighted by molar-refractivity contribution is 0.222. The summed E-state index contributed by atoms with van der Waals surface area (Å²) in [6, 6.07) is 11.6. The highest BCUT2D eigenvalue weighted by molar-refractivity contribution is 7.92. The Kier molecular flexibility index (Phi) is 5.45. The summed E-state index contributed by atoms with van der Waals surface area (Å²) >= 11 is 0. The van der Waals surface area contributed by atoms with Crippen molar-refractivity contribution in [2.75, 3.05) is 29.5 Å². The first kappa shape index (κ1) is 21.3. The van der Waals surface area contributed by atoms with Gasteiger partial charge >= 0.3 is 0 Å². The lowest BCUT2D eigenvalue weighted by Crippen LogP contribution is -2.40. The molecule has 1 aliphatic rings. The summed E-state index contributed by atoms with van der Waals surface area (Å²) in [5.41, 5.74) is 3.43. The molecule has 1 unspecified atom stereocenters. The molecule has 2 N–H and O–H groups in total. The molecule has 9 nitrogen and oxygen atoms in total. The highest BCUT2D eigenvalue weighted by atomic mass is 32.2. The lowest BCUT2D eigenvalue weighted by atomic mass is 10.1. The van der Waals surface area contributed by atoms with E-state index in [4.69, 9.17) is 9.52 Å². The average molecular weight is 464 g/mol. The first-order chi connectivity index (χ1) is 15.9. The Morgan fingerprint density at radius 2 is 1.97 bits per heavy atom. The minimum Gasteiger partial charge on any atom is -0.484 e. The lowest BCUT2D eigenvalue weighted by Gasteiger charge is -2.28. The van der Waals surface area contributed by atoms with E-state index in [9.17, 15) is 4.21 Å². The molecule has 1 fully saturated rings. The van der Waals surface area contributed by atoms with Crippen LogP contribution in [-0.2, 0) is 9.73 Å². The van der Waals surface area contributed by atoms with Gasteiger partial charge in [0.25, 0.3) is 0 Å². The smallest absolute Gasteiger partial charge is 0.138 e. The summed E-state index contributed by atoms with van der Waals surface area (Å²) in [5.74, 6) is 3.04. The van der Waals surface area contributed by atoms with E-state index in [1.165, 1.54) is 0 Å². The molecule has 0 amide bonds. The highest BCUT2D eigenvalue weighted by Gasteiger charge is 2.20. The van der Waals surface area contributed by atoms with Crippen molar-refractivity contribution in [2.24, 2.45) is 0 Å². The molecule has 170 valence electrons. The molecule has 0 aliphatic carbocycles. The third-order valence-corrected chi connectivity index (χ3v) is 7.47. The number of fused-ring (bicyclic) bond motifs is 1. The Balaban J connectivity index is 1.37. The molecular weight excluding hydrogens is 438 g/mol. The third-order valence-electron chi connectivity index (χ3n) is 5.79. The number of rotatable bonds is 5. The number of benzene rings is 1. The molecule has 5 rings (SSSR count). The highest BCUT2D eigenvalue weighted by Crippen LogP contribution is 2.31. The maximum atomic E-state index is 11.9. The maximum Gasteiger partial charge on any atom is 0.138 e. The van der Waals surface area contributed by atoms with Crippen LogP contribution in [0.15, 0.2) is 48.8 Å². The number of anilines is 1. The SMILES string of the molecule is Cc1nccc(C(C)Oc2ccc3[nH]nc(-c4ccc(N5CCS(=N)(=O)CC5)nc4)c3c2)n1. The zero-order valence-corrected chi connectivity index (χ0v) is 19.3. The zero-order chi connectivity index (χ0) is 23.0. The monoisotopic (exact) mass is 463 g/mol. The predicted octanol–water partition coefficient (Wildman–Crippen LogP) is 3.73. The van der Waals surface area contributed by atoms with Crippen LogP contribution in [0.2, 0.25) is 0 Å². The molecule has 1 atom stereocenters. The van der Waals surface area contributed by atoms with Crippen LogP contribution >= 0.6 is 0 Å². The summed E-state index contributed by atoms with van der Waals surface area (Å²) in [6.45, 7) is 5.00. The molecule has 1 aliphatic heterocycles. The van der Waals surface area contributed by atoms with Crippen molar-refractivity contribution in [3.8, 4) is 17.0 Å². The van der Waals surface area contributed by atoms with Gasteiger partial charge in [-0.15, -0.1) is 0 Å². The number of nitrogens with zero attached hydrogens (tertiary/aromatic N) is 5. The number of nitrogens with one attached hydrogen (secondary N) is 2. The van der Waals surface area contributed by atoms with E-state index >= 15 is 0 Å². The Labute approximate surface area is 192 Å². The fraction of sp³-hybridized carbons (Fsp3) is 0.304. The van der Waals surface area contributed by atoms with Gasteiger partial charge in [0.05, 0.1) is 11.2 Å². The van der Waals surface area contributed by atoms with Crippen LogP contribution in [0.5, 0.6) is 5.75 Å². The van der Waals surface area contributed by atoms with Gasteiger partial charge in [-0.1, -0.05) is 0 Å². The van der Waals surface area contributed by atoms with Crippen LogP contribution in [0.3, 0.4) is 0 Å². The van der Waals surface area contributed by atoms with Crippen molar-refractivity contribution in [1.29, 1.82) is 4.78 Å². The Morgan fingerprint density at radius 3 is 2.70 bits per heavy atom. The van der Waals surface area contributed by atoms with Gasteiger partial charge in [-0.25, -0.2) is 19.2 Å². The van der Waals surface area contributed by atoms with Crippen LogP contribution in [0.25, 0.3) is 22.2 Å². The number of aryl methyl sites for hydroxylation is 1. The van der Waals surface area contributed by atoms with Crippen molar-refractivity contribution in [3.05, 3.63) is 60.3 Å². The van der Waals surface area contributed by atoms with Crippen LogP contribution in [0.4, 0.5) is 5.82 Å². The molecule has 3 aromatic heterocycles. The Bertz CT molecular complexity index is 1390. The molecule has 0 radical (unpaired) electrons. The molecule has 33 heavy (non-hydrogen) atoms. The topological polar surface area (TPSA) is 121 Å². The number of hydrogen-bond acceptors (Lipinski definition) is 8. The van der Waals surface area contributed by atoms with Gasteiger partial charge in [-0.2, -0.15) is 5.10 Å². The molecule has 1 saturated heterocycles. The van der Waals surface area contributed by atoms with Gasteiger partial charge in [-0.3, -0.25) is 9.88 Å². The summed E-state index contributed by atoms with van der Waals surface area (Å²) in [7, 11) is -2.43. The van der Waals surface area contributed by atoms with Gasteiger partial charge in [0, 0.05) is 57.7 Å². The average Bonchev–Trinajstić information content (AvgIpc) is 3.22. The van der Waals surface area contributed by atoms with Gasteiger partial charge in [0.2, 0.25) is 0 Å². The molecule has 10 heteroatoms. The zero-order valence-electron chi connectivity index (χ0n) is 18.5. The predicted molar refractivity (Wildman–Crippen MR) is 128 cm³/mol. The van der Waals surface area contributed by atoms with Gasteiger partial charge in [0.1, 0.15) is 29.2 Å². The second-order valence-electron chi connectivity index (χ2n) is 8.18. The molecule has 4 heterocycles. The molecule has 0 spiro atoms. The van der Waals surface area contributed by atoms with Crippen molar-refractivity contribution in [1.82, 2.24) is 25.1 Å². The minimum absolute atomic E-state index is 0.219. The normalized spacial score (nSPS) is 16.6. The summed E-state index contributed by atoms with van der Waals surface area (Å²) in [6.07, 6.45) is 3.32. The summed E-state index contributed by atoms with van der Waals surface area (Å²) in [5, 5.41) is 8.52. The van der Waals surface area contributed by atoms with Crippen LogP contribution in [-0.4, -0.2) is 54.0 Å². The molecule has 0 saturated carbocycles. The largest absolute Gasteiger partial charge is 0.484 e. The number of hydrogen-bond donors (Lipinski definition) is 2. The first-order valence-corrected chi connectivity index (χ1v) is 12.7. The van der Waals surface area contributed by atoms with Crippen molar-refractivity contribution >= 4 is 26.4 Å². The van der Waals surface area contributed by atoms with E-state index in [1.807, 2.05) is 50.2 Å². The summed E-state index contributed by atoms with van der Waals surface area (Å²) < 4.78 is 25.8. The second kappa shape index (κ2) is 8.43. The van der Waals surface area contributed by atoms with E-state index in [0.29, 0.717) is 30.4 Å². The minimum atomic E-state index is -2.43. The standard InChI is InChI=1S/C23H25N7O2S/c1-15(20-7-8-25-16(2)27-20)32-18-4-5-21-19(13-18)23(29-28-21)17-3-6-22(26-14-17)30-9-11-33(24,31)12-10-30/h3-8,13-15,24H,9-12H2,1-2H3,(H,28,29). The molecular formula is C23H25N7O2S.